The largest absolute Gasteiger partial charge is 0.497 e. The van der Waals surface area contributed by atoms with Gasteiger partial charge in [0.15, 0.2) is 0 Å². The van der Waals surface area contributed by atoms with Gasteiger partial charge in [0.05, 0.1) is 24.1 Å². The average molecular weight is 462 g/mol. The van der Waals surface area contributed by atoms with Gasteiger partial charge < -0.3 is 20.1 Å². The number of fused-ring (bicyclic) bond motifs is 1. The van der Waals surface area contributed by atoms with Crippen molar-refractivity contribution < 1.29 is 27.5 Å². The van der Waals surface area contributed by atoms with E-state index in [1.165, 1.54) is 19.2 Å². The predicted molar refractivity (Wildman–Crippen MR) is 118 cm³/mol. The van der Waals surface area contributed by atoms with E-state index in [2.05, 4.69) is 15.4 Å². The van der Waals surface area contributed by atoms with E-state index < -0.39 is 22.0 Å². The van der Waals surface area contributed by atoms with Gasteiger partial charge in [-0.3, -0.25) is 9.59 Å². The maximum atomic E-state index is 12.7. The van der Waals surface area contributed by atoms with Gasteiger partial charge in [-0.2, -0.15) is 4.72 Å². The van der Waals surface area contributed by atoms with Crippen molar-refractivity contribution in [2.75, 3.05) is 26.8 Å². The number of sulfonamides is 1. The molecule has 2 aromatic rings. The van der Waals surface area contributed by atoms with E-state index in [1.807, 2.05) is 0 Å². The number of hydrogen-bond acceptors (Lipinski definition) is 6. The van der Waals surface area contributed by atoms with E-state index in [9.17, 15) is 18.0 Å². The van der Waals surface area contributed by atoms with E-state index in [-0.39, 0.29) is 24.0 Å². The van der Waals surface area contributed by atoms with Crippen LogP contribution in [0.3, 0.4) is 0 Å². The first-order chi connectivity index (χ1) is 15.4. The minimum absolute atomic E-state index is 0.0911. The van der Waals surface area contributed by atoms with Gasteiger partial charge in [0, 0.05) is 12.6 Å². The molecule has 0 spiro atoms. The van der Waals surface area contributed by atoms with E-state index in [1.54, 1.807) is 36.4 Å². The summed E-state index contributed by atoms with van der Waals surface area (Å²) in [6, 6.07) is 11.9. The topological polar surface area (TPSA) is 123 Å². The second-order valence-corrected chi connectivity index (χ2v) is 8.95. The molecular weight excluding hydrogens is 434 g/mol. The highest BCUT2D eigenvalue weighted by Gasteiger charge is 2.25. The van der Waals surface area contributed by atoms with Crippen LogP contribution in [-0.4, -0.2) is 53.1 Å². The molecule has 2 amide bonds. The van der Waals surface area contributed by atoms with Crippen LogP contribution in [0.25, 0.3) is 0 Å². The first-order valence-corrected chi connectivity index (χ1v) is 11.8. The highest BCUT2D eigenvalue weighted by molar-refractivity contribution is 7.89. The van der Waals surface area contributed by atoms with Crippen molar-refractivity contribution >= 4 is 21.8 Å². The second-order valence-electron chi connectivity index (χ2n) is 7.24. The zero-order valence-corrected chi connectivity index (χ0v) is 18.6. The molecule has 2 aromatic carbocycles. The molecule has 172 valence electrons. The van der Waals surface area contributed by atoms with E-state index in [4.69, 9.17) is 9.47 Å². The Balaban J connectivity index is 1.72. The molecule has 0 unspecified atom stereocenters. The quantitative estimate of drug-likeness (QED) is 0.633. The molecule has 10 heteroatoms. The number of methoxy groups -OCH3 is 1. The monoisotopic (exact) mass is 461 g/mol. The van der Waals surface area contributed by atoms with Crippen LogP contribution in [0.5, 0.6) is 11.5 Å². The van der Waals surface area contributed by atoms with Crippen LogP contribution in [0.15, 0.2) is 53.4 Å². The molecule has 32 heavy (non-hydrogen) atoms. The highest BCUT2D eigenvalue weighted by atomic mass is 32.2. The fourth-order valence-electron chi connectivity index (χ4n) is 3.26. The summed E-state index contributed by atoms with van der Waals surface area (Å²) < 4.78 is 38.7. The smallest absolute Gasteiger partial charge is 0.255 e. The molecule has 1 aliphatic rings. The Kier molecular flexibility index (Phi) is 8.07. The van der Waals surface area contributed by atoms with Crippen molar-refractivity contribution in [2.45, 2.75) is 30.2 Å². The van der Waals surface area contributed by atoms with Crippen LogP contribution >= 0.6 is 0 Å². The van der Waals surface area contributed by atoms with Gasteiger partial charge >= 0.3 is 0 Å². The summed E-state index contributed by atoms with van der Waals surface area (Å²) in [5.74, 6) is 0.178. The van der Waals surface area contributed by atoms with Gasteiger partial charge in [0.2, 0.25) is 15.9 Å². The zero-order chi connectivity index (χ0) is 23.0. The third kappa shape index (κ3) is 6.21. The minimum atomic E-state index is -3.85. The maximum Gasteiger partial charge on any atom is 0.255 e. The van der Waals surface area contributed by atoms with Crippen LogP contribution in [0.4, 0.5) is 0 Å². The summed E-state index contributed by atoms with van der Waals surface area (Å²) >= 11 is 0. The Hall–Kier alpha value is -3.11. The molecule has 1 aliphatic heterocycles. The van der Waals surface area contributed by atoms with E-state index in [0.717, 1.165) is 0 Å². The Morgan fingerprint density at radius 2 is 1.81 bits per heavy atom. The third-order valence-electron chi connectivity index (χ3n) is 4.96. The highest BCUT2D eigenvalue weighted by Crippen LogP contribution is 2.25. The van der Waals surface area contributed by atoms with Gasteiger partial charge in [0.1, 0.15) is 24.1 Å². The van der Waals surface area contributed by atoms with Crippen LogP contribution in [0.2, 0.25) is 0 Å². The van der Waals surface area contributed by atoms with Gasteiger partial charge in [0.25, 0.3) is 5.91 Å². The number of nitrogens with one attached hydrogen (secondary N) is 3. The number of rotatable bonds is 4. The van der Waals surface area contributed by atoms with Crippen molar-refractivity contribution in [1.29, 1.82) is 0 Å². The number of carbonyl (C=O) groups excluding carboxylic acids is 2. The molecule has 0 saturated heterocycles. The van der Waals surface area contributed by atoms with E-state index >= 15 is 0 Å². The van der Waals surface area contributed by atoms with Crippen molar-refractivity contribution in [3.8, 4) is 11.5 Å². The van der Waals surface area contributed by atoms with Crippen molar-refractivity contribution in [3.63, 3.8) is 0 Å². The normalized spacial score (nSPS) is 18.3. The zero-order valence-electron chi connectivity index (χ0n) is 17.8. The fourth-order valence-corrected chi connectivity index (χ4v) is 4.52. The molecule has 1 heterocycles. The number of amides is 2. The third-order valence-corrected chi connectivity index (χ3v) is 6.45. The molecular formula is C22H27N3O6S. The lowest BCUT2D eigenvalue weighted by Gasteiger charge is -2.20. The maximum absolute atomic E-state index is 12.7. The predicted octanol–water partition coefficient (Wildman–Crippen LogP) is 1.45. The van der Waals surface area contributed by atoms with Crippen LogP contribution in [0.1, 0.15) is 29.6 Å². The summed E-state index contributed by atoms with van der Waals surface area (Å²) in [6.45, 7) is 0.613. The van der Waals surface area contributed by atoms with Gasteiger partial charge in [-0.05, 0) is 43.5 Å². The van der Waals surface area contributed by atoms with Crippen LogP contribution in [-0.2, 0) is 14.8 Å². The lowest BCUT2D eigenvalue weighted by Crippen LogP contribution is -2.47. The van der Waals surface area contributed by atoms with Gasteiger partial charge in [-0.15, -0.1) is 0 Å². The van der Waals surface area contributed by atoms with Crippen LogP contribution in [0, 0.1) is 0 Å². The molecule has 0 fully saturated rings. The minimum Gasteiger partial charge on any atom is -0.497 e. The molecule has 9 nitrogen and oxygen atoms in total. The summed E-state index contributed by atoms with van der Waals surface area (Å²) in [6.07, 6.45) is 1.42. The van der Waals surface area contributed by atoms with Gasteiger partial charge in [-0.25, -0.2) is 8.42 Å². The Morgan fingerprint density at radius 3 is 2.56 bits per heavy atom. The van der Waals surface area contributed by atoms with Crippen molar-refractivity contribution in [2.24, 2.45) is 0 Å². The lowest BCUT2D eigenvalue weighted by atomic mass is 10.1. The molecule has 0 aromatic heterocycles. The Morgan fingerprint density at radius 1 is 1.03 bits per heavy atom. The average Bonchev–Trinajstić information content (AvgIpc) is 2.80. The molecule has 3 N–H and O–H groups in total. The molecule has 1 atom stereocenters. The fraction of sp³-hybridized carbons (Fsp3) is 0.364. The number of carbonyl (C=O) groups is 2. The molecule has 0 radical (unpaired) electrons. The summed E-state index contributed by atoms with van der Waals surface area (Å²) in [5, 5.41) is 5.54. The van der Waals surface area contributed by atoms with E-state index in [0.29, 0.717) is 42.9 Å². The second kappa shape index (κ2) is 11.0. The first-order valence-electron chi connectivity index (χ1n) is 10.3. The van der Waals surface area contributed by atoms with Crippen LogP contribution < -0.4 is 24.8 Å². The number of hydrogen-bond donors (Lipinski definition) is 3. The Labute approximate surface area is 187 Å². The molecule has 0 saturated carbocycles. The lowest BCUT2D eigenvalue weighted by molar-refractivity contribution is -0.123. The first kappa shape index (κ1) is 23.6. The molecule has 0 aliphatic carbocycles. The standard InChI is InChI=1S/C22H27N3O6S/c1-30-16-10-11-18-20(15-16)31-14-13-24-22(27)19(9-5-6-12-23-21(18)26)25-32(28,29)17-7-3-2-4-8-17/h2-4,7-8,10-11,15,19,25H,5-6,9,12-14H2,1H3,(H,23,26)(H,24,27)/t19-/m0/s1. The number of benzene rings is 2. The SMILES string of the molecule is COc1ccc2c(c1)OCCNC(=O)[C@@H](NS(=O)(=O)c1ccccc1)CCCCNC2=O. The summed E-state index contributed by atoms with van der Waals surface area (Å²) in [4.78, 5) is 25.3. The Bertz CT molecular complexity index is 1040. The van der Waals surface area contributed by atoms with Gasteiger partial charge in [-0.1, -0.05) is 18.2 Å². The molecule has 0 bridgehead atoms. The summed E-state index contributed by atoms with van der Waals surface area (Å²) in [7, 11) is -2.34. The molecule has 3 rings (SSSR count). The number of ether oxygens (including phenoxy) is 2. The van der Waals surface area contributed by atoms with Crippen molar-refractivity contribution in [3.05, 3.63) is 54.1 Å². The van der Waals surface area contributed by atoms with Crippen molar-refractivity contribution in [1.82, 2.24) is 15.4 Å². The summed E-state index contributed by atoms with van der Waals surface area (Å²) in [5.41, 5.74) is 0.377.